The molecule has 0 fully saturated rings. The van der Waals surface area contributed by atoms with Crippen LogP contribution in [0.5, 0.6) is 0 Å². The molecule has 1 aliphatic carbocycles. The topological polar surface area (TPSA) is 38.7 Å². The summed E-state index contributed by atoms with van der Waals surface area (Å²) in [5.74, 6) is 1.92. The van der Waals surface area contributed by atoms with Crippen LogP contribution in [0.25, 0.3) is 101 Å². The summed E-state index contributed by atoms with van der Waals surface area (Å²) < 4.78 is 0. The molecular weight excluding hydrogens is 631 g/mol. The Bertz CT molecular complexity index is 2630. The summed E-state index contributed by atoms with van der Waals surface area (Å²) in [5.41, 5.74) is 15.0. The smallest absolute Gasteiger partial charge is 0.164 e. The molecule has 242 valence electrons. The van der Waals surface area contributed by atoms with Crippen LogP contribution in [0.1, 0.15) is 0 Å². The van der Waals surface area contributed by atoms with Crippen LogP contribution in [-0.2, 0) is 0 Å². The van der Waals surface area contributed by atoms with Crippen molar-refractivity contribution in [2.24, 2.45) is 0 Å². The van der Waals surface area contributed by atoms with Crippen molar-refractivity contribution in [1.29, 1.82) is 0 Å². The highest BCUT2D eigenvalue weighted by Gasteiger charge is 2.22. The first kappa shape index (κ1) is 29.9. The second kappa shape index (κ2) is 12.4. The summed E-state index contributed by atoms with van der Waals surface area (Å²) in [5, 5.41) is 2.59. The van der Waals surface area contributed by atoms with E-state index in [4.69, 9.17) is 15.0 Å². The molecule has 0 unspecified atom stereocenters. The highest BCUT2D eigenvalue weighted by atomic mass is 15.0. The minimum atomic E-state index is 0.640. The summed E-state index contributed by atoms with van der Waals surface area (Å²) in [7, 11) is 0. The zero-order valence-corrected chi connectivity index (χ0v) is 28.2. The Morgan fingerprint density at radius 3 is 1.08 bits per heavy atom. The third-order valence-electron chi connectivity index (χ3n) is 10.1. The first-order chi connectivity index (χ1) is 25.7. The maximum atomic E-state index is 5.05. The molecule has 0 saturated heterocycles. The SMILES string of the molecule is c1ccc(-c2ccc(-c3nc(-c4ccc(-c5ccccc5)cc4)nc(-c4ccc(-c5cc6c7c(cccc7c5)-c5ccccc5-6)cc4)n3)cc2)cc1. The molecule has 1 aromatic heterocycles. The van der Waals surface area contributed by atoms with E-state index in [1.165, 1.54) is 49.7 Å². The van der Waals surface area contributed by atoms with E-state index in [1.54, 1.807) is 0 Å². The van der Waals surface area contributed by atoms with Crippen molar-refractivity contribution >= 4 is 10.8 Å². The number of nitrogens with zero attached hydrogens (tertiary/aromatic N) is 3. The molecule has 0 amide bonds. The van der Waals surface area contributed by atoms with Gasteiger partial charge in [-0.05, 0) is 78.5 Å². The van der Waals surface area contributed by atoms with E-state index in [1.807, 2.05) is 12.1 Å². The second-order valence-electron chi connectivity index (χ2n) is 13.2. The van der Waals surface area contributed by atoms with Crippen LogP contribution in [0.15, 0.2) is 188 Å². The van der Waals surface area contributed by atoms with Crippen LogP contribution >= 0.6 is 0 Å². The number of hydrogen-bond donors (Lipinski definition) is 0. The molecule has 0 atom stereocenters. The first-order valence-electron chi connectivity index (χ1n) is 17.6. The number of rotatable bonds is 6. The molecule has 0 spiro atoms. The lowest BCUT2D eigenvalue weighted by atomic mass is 9.95. The molecule has 0 aliphatic heterocycles. The van der Waals surface area contributed by atoms with Crippen LogP contribution in [0.2, 0.25) is 0 Å². The maximum Gasteiger partial charge on any atom is 0.164 e. The van der Waals surface area contributed by atoms with E-state index in [-0.39, 0.29) is 0 Å². The van der Waals surface area contributed by atoms with Crippen molar-refractivity contribution < 1.29 is 0 Å². The van der Waals surface area contributed by atoms with Crippen LogP contribution < -0.4 is 0 Å². The van der Waals surface area contributed by atoms with Crippen molar-refractivity contribution in [1.82, 2.24) is 15.0 Å². The molecule has 1 aliphatic rings. The van der Waals surface area contributed by atoms with Gasteiger partial charge in [0, 0.05) is 16.7 Å². The normalized spacial score (nSPS) is 11.5. The summed E-state index contributed by atoms with van der Waals surface area (Å²) in [6, 6.07) is 66.3. The van der Waals surface area contributed by atoms with Crippen molar-refractivity contribution in [3.63, 3.8) is 0 Å². The third kappa shape index (κ3) is 5.28. The fourth-order valence-corrected chi connectivity index (χ4v) is 7.44. The Morgan fingerprint density at radius 2 is 0.596 bits per heavy atom. The maximum absolute atomic E-state index is 5.05. The van der Waals surface area contributed by atoms with Gasteiger partial charge >= 0.3 is 0 Å². The van der Waals surface area contributed by atoms with Gasteiger partial charge in [-0.3, -0.25) is 0 Å². The Labute approximate surface area is 302 Å². The molecule has 0 bridgehead atoms. The third-order valence-corrected chi connectivity index (χ3v) is 10.1. The van der Waals surface area contributed by atoms with Crippen molar-refractivity contribution in [3.8, 4) is 89.8 Å². The number of hydrogen-bond acceptors (Lipinski definition) is 3. The summed E-state index contributed by atoms with van der Waals surface area (Å²) in [6.07, 6.45) is 0. The lowest BCUT2D eigenvalue weighted by Gasteiger charge is -2.11. The van der Waals surface area contributed by atoms with Gasteiger partial charge in [0.05, 0.1) is 0 Å². The summed E-state index contributed by atoms with van der Waals surface area (Å²) in [6.45, 7) is 0. The van der Waals surface area contributed by atoms with Gasteiger partial charge in [-0.1, -0.05) is 176 Å². The molecule has 0 saturated carbocycles. The molecule has 52 heavy (non-hydrogen) atoms. The van der Waals surface area contributed by atoms with E-state index in [2.05, 4.69) is 176 Å². The predicted octanol–water partition coefficient (Wildman–Crippen LogP) is 12.7. The van der Waals surface area contributed by atoms with E-state index in [0.717, 1.165) is 33.4 Å². The van der Waals surface area contributed by atoms with Gasteiger partial charge in [-0.25, -0.2) is 15.0 Å². The van der Waals surface area contributed by atoms with Gasteiger partial charge in [0.2, 0.25) is 0 Å². The second-order valence-corrected chi connectivity index (χ2v) is 13.2. The Balaban J connectivity index is 1.04. The zero-order chi connectivity index (χ0) is 34.4. The average Bonchev–Trinajstić information content (AvgIpc) is 3.56. The monoisotopic (exact) mass is 661 g/mol. The van der Waals surface area contributed by atoms with E-state index < -0.39 is 0 Å². The van der Waals surface area contributed by atoms with E-state index in [9.17, 15) is 0 Å². The van der Waals surface area contributed by atoms with Crippen molar-refractivity contribution in [3.05, 3.63) is 188 Å². The fourth-order valence-electron chi connectivity index (χ4n) is 7.44. The van der Waals surface area contributed by atoms with Crippen molar-refractivity contribution in [2.45, 2.75) is 0 Å². The molecule has 3 heteroatoms. The first-order valence-corrected chi connectivity index (χ1v) is 17.6. The quantitative estimate of drug-likeness (QED) is 0.178. The molecular formula is C49H31N3. The van der Waals surface area contributed by atoms with E-state index >= 15 is 0 Å². The lowest BCUT2D eigenvalue weighted by Crippen LogP contribution is -2.00. The van der Waals surface area contributed by atoms with Gasteiger partial charge in [0.25, 0.3) is 0 Å². The molecule has 10 rings (SSSR count). The lowest BCUT2D eigenvalue weighted by molar-refractivity contribution is 1.07. The minimum absolute atomic E-state index is 0.640. The zero-order valence-electron chi connectivity index (χ0n) is 28.2. The fraction of sp³-hybridized carbons (Fsp3) is 0. The summed E-state index contributed by atoms with van der Waals surface area (Å²) in [4.78, 5) is 15.1. The van der Waals surface area contributed by atoms with Crippen LogP contribution in [0.3, 0.4) is 0 Å². The van der Waals surface area contributed by atoms with Gasteiger partial charge in [0.1, 0.15) is 0 Å². The van der Waals surface area contributed by atoms with Gasteiger partial charge in [-0.2, -0.15) is 0 Å². The molecule has 3 nitrogen and oxygen atoms in total. The molecule has 9 aromatic rings. The van der Waals surface area contributed by atoms with Gasteiger partial charge in [0.15, 0.2) is 17.5 Å². The van der Waals surface area contributed by atoms with Gasteiger partial charge < -0.3 is 0 Å². The number of fused-ring (bicyclic) bond motifs is 3. The number of aromatic nitrogens is 3. The Hall–Kier alpha value is -6.97. The molecule has 1 heterocycles. The van der Waals surface area contributed by atoms with Crippen LogP contribution in [0.4, 0.5) is 0 Å². The minimum Gasteiger partial charge on any atom is -0.208 e. The number of benzene rings is 8. The summed E-state index contributed by atoms with van der Waals surface area (Å²) >= 11 is 0. The van der Waals surface area contributed by atoms with Crippen molar-refractivity contribution in [2.75, 3.05) is 0 Å². The Morgan fingerprint density at radius 1 is 0.231 bits per heavy atom. The van der Waals surface area contributed by atoms with Gasteiger partial charge in [-0.15, -0.1) is 0 Å². The highest BCUT2D eigenvalue weighted by Crippen LogP contribution is 2.48. The van der Waals surface area contributed by atoms with Crippen LogP contribution in [-0.4, -0.2) is 15.0 Å². The van der Waals surface area contributed by atoms with E-state index in [0.29, 0.717) is 17.5 Å². The molecule has 0 radical (unpaired) electrons. The average molecular weight is 662 g/mol. The molecule has 0 N–H and O–H groups in total. The van der Waals surface area contributed by atoms with Crippen LogP contribution in [0, 0.1) is 0 Å². The largest absolute Gasteiger partial charge is 0.208 e. The standard InChI is InChI=1S/C49H31N3/c1-3-10-32(11-4-1)34-18-24-37(25-19-34)47-50-48(38-26-20-35(21-27-38)33-12-5-2-6-13-33)52-49(51-47)39-28-22-36(23-29-39)41-30-40-14-9-17-44-42-15-7-8-16-43(42)45(31-41)46(40)44/h1-31H. The predicted molar refractivity (Wildman–Crippen MR) is 214 cm³/mol. The Kier molecular flexibility index (Phi) is 7.14. The highest BCUT2D eigenvalue weighted by molar-refractivity contribution is 6.16. The molecule has 8 aromatic carbocycles.